The van der Waals surface area contributed by atoms with Gasteiger partial charge in [-0.25, -0.2) is 0 Å². The van der Waals surface area contributed by atoms with E-state index in [9.17, 15) is 13.2 Å². The van der Waals surface area contributed by atoms with Crippen molar-refractivity contribution in [2.75, 3.05) is 45.8 Å². The quantitative estimate of drug-likeness (QED) is 0.801. The van der Waals surface area contributed by atoms with Crippen molar-refractivity contribution < 1.29 is 13.2 Å². The van der Waals surface area contributed by atoms with Crippen LogP contribution in [0.25, 0.3) is 0 Å². The number of hydrogen-bond donors (Lipinski definition) is 1. The van der Waals surface area contributed by atoms with E-state index >= 15 is 0 Å². The van der Waals surface area contributed by atoms with E-state index in [0.717, 1.165) is 32.7 Å². The standard InChI is InChI=1S/C13H26F3N3/c1-11(2)9-18-4-6-19(7-5-18)12(3)8-17-10-13(14,15)16/h11-12,17H,4-10H2,1-3H3. The molecule has 1 unspecified atom stereocenters. The molecule has 0 spiro atoms. The number of hydrogen-bond acceptors (Lipinski definition) is 3. The second-order valence-corrected chi connectivity index (χ2v) is 5.83. The van der Waals surface area contributed by atoms with Gasteiger partial charge in [-0.05, 0) is 12.8 Å². The molecule has 114 valence electrons. The lowest BCUT2D eigenvalue weighted by molar-refractivity contribution is -0.125. The average molecular weight is 281 g/mol. The van der Waals surface area contributed by atoms with Crippen LogP contribution in [0.15, 0.2) is 0 Å². The first-order chi connectivity index (χ1) is 8.78. The Morgan fingerprint density at radius 1 is 1.05 bits per heavy atom. The van der Waals surface area contributed by atoms with E-state index in [0.29, 0.717) is 12.5 Å². The van der Waals surface area contributed by atoms with Gasteiger partial charge < -0.3 is 10.2 Å². The summed E-state index contributed by atoms with van der Waals surface area (Å²) >= 11 is 0. The number of piperazine rings is 1. The van der Waals surface area contributed by atoms with Gasteiger partial charge in [0.2, 0.25) is 0 Å². The van der Waals surface area contributed by atoms with Gasteiger partial charge in [0.15, 0.2) is 0 Å². The highest BCUT2D eigenvalue weighted by Gasteiger charge is 2.27. The molecule has 1 atom stereocenters. The van der Waals surface area contributed by atoms with E-state index in [1.807, 2.05) is 6.92 Å². The Kier molecular flexibility index (Phi) is 6.56. The van der Waals surface area contributed by atoms with Gasteiger partial charge in [-0.1, -0.05) is 13.8 Å². The second kappa shape index (κ2) is 7.45. The van der Waals surface area contributed by atoms with Gasteiger partial charge in [-0.15, -0.1) is 0 Å². The molecule has 0 radical (unpaired) electrons. The Hall–Kier alpha value is -0.330. The molecule has 6 heteroatoms. The Labute approximate surface area is 114 Å². The van der Waals surface area contributed by atoms with Crippen LogP contribution in [0.5, 0.6) is 0 Å². The zero-order chi connectivity index (χ0) is 14.5. The van der Waals surface area contributed by atoms with Crippen molar-refractivity contribution in [1.82, 2.24) is 15.1 Å². The number of alkyl halides is 3. The molecule has 1 aliphatic rings. The molecule has 19 heavy (non-hydrogen) atoms. The van der Waals surface area contributed by atoms with Crippen LogP contribution in [0, 0.1) is 5.92 Å². The largest absolute Gasteiger partial charge is 0.401 e. The van der Waals surface area contributed by atoms with E-state index < -0.39 is 12.7 Å². The Balaban J connectivity index is 2.19. The van der Waals surface area contributed by atoms with Crippen molar-refractivity contribution in [2.45, 2.75) is 33.0 Å². The maximum Gasteiger partial charge on any atom is 0.401 e. The minimum Gasteiger partial charge on any atom is -0.307 e. The fraction of sp³-hybridized carbons (Fsp3) is 1.00. The van der Waals surface area contributed by atoms with Crippen molar-refractivity contribution in [3.05, 3.63) is 0 Å². The van der Waals surface area contributed by atoms with Crippen LogP contribution in [0.1, 0.15) is 20.8 Å². The molecule has 0 bridgehead atoms. The fourth-order valence-corrected chi connectivity index (χ4v) is 2.45. The Morgan fingerprint density at radius 2 is 1.63 bits per heavy atom. The second-order valence-electron chi connectivity index (χ2n) is 5.83. The van der Waals surface area contributed by atoms with Crippen LogP contribution in [-0.2, 0) is 0 Å². The molecule has 0 aromatic heterocycles. The van der Waals surface area contributed by atoms with Crippen LogP contribution >= 0.6 is 0 Å². The third kappa shape index (κ3) is 7.13. The van der Waals surface area contributed by atoms with Crippen LogP contribution in [0.4, 0.5) is 13.2 Å². The molecular formula is C13H26F3N3. The molecule has 0 saturated carbocycles. The third-order valence-electron chi connectivity index (χ3n) is 3.42. The highest BCUT2D eigenvalue weighted by molar-refractivity contribution is 4.78. The monoisotopic (exact) mass is 281 g/mol. The normalized spacial score (nSPS) is 21.0. The van der Waals surface area contributed by atoms with Gasteiger partial charge in [-0.2, -0.15) is 13.2 Å². The van der Waals surface area contributed by atoms with Crippen molar-refractivity contribution in [3.8, 4) is 0 Å². The van der Waals surface area contributed by atoms with Crippen molar-refractivity contribution in [3.63, 3.8) is 0 Å². The molecule has 1 heterocycles. The van der Waals surface area contributed by atoms with Gasteiger partial charge in [0.05, 0.1) is 6.54 Å². The maximum atomic E-state index is 12.0. The summed E-state index contributed by atoms with van der Waals surface area (Å²) in [5.41, 5.74) is 0. The zero-order valence-electron chi connectivity index (χ0n) is 12.1. The first-order valence-electron chi connectivity index (χ1n) is 7.02. The summed E-state index contributed by atoms with van der Waals surface area (Å²) in [7, 11) is 0. The minimum absolute atomic E-state index is 0.156. The first-order valence-corrected chi connectivity index (χ1v) is 7.02. The van der Waals surface area contributed by atoms with Gasteiger partial charge >= 0.3 is 6.18 Å². The molecule has 1 aliphatic heterocycles. The van der Waals surface area contributed by atoms with Crippen molar-refractivity contribution in [1.29, 1.82) is 0 Å². The zero-order valence-corrected chi connectivity index (χ0v) is 12.1. The fourth-order valence-electron chi connectivity index (χ4n) is 2.45. The lowest BCUT2D eigenvalue weighted by Gasteiger charge is -2.38. The summed E-state index contributed by atoms with van der Waals surface area (Å²) in [5, 5.41) is 2.49. The molecular weight excluding hydrogens is 255 g/mol. The number of nitrogens with one attached hydrogen (secondary N) is 1. The highest BCUT2D eigenvalue weighted by Crippen LogP contribution is 2.13. The molecule has 1 rings (SSSR count). The molecule has 1 saturated heterocycles. The van der Waals surface area contributed by atoms with E-state index in [2.05, 4.69) is 29.0 Å². The van der Waals surface area contributed by atoms with Gasteiger partial charge in [0, 0.05) is 45.3 Å². The predicted molar refractivity (Wildman–Crippen MR) is 71.2 cm³/mol. The number of halogens is 3. The molecule has 0 amide bonds. The lowest BCUT2D eigenvalue weighted by atomic mass is 10.1. The average Bonchev–Trinajstić information content (AvgIpc) is 2.27. The molecule has 3 nitrogen and oxygen atoms in total. The summed E-state index contributed by atoms with van der Waals surface area (Å²) in [6.07, 6.45) is -4.12. The van der Waals surface area contributed by atoms with E-state index in [1.165, 1.54) is 0 Å². The topological polar surface area (TPSA) is 18.5 Å². The summed E-state index contributed by atoms with van der Waals surface area (Å²) in [6, 6.07) is 0.156. The third-order valence-corrected chi connectivity index (χ3v) is 3.42. The van der Waals surface area contributed by atoms with E-state index in [-0.39, 0.29) is 6.04 Å². The van der Waals surface area contributed by atoms with Crippen LogP contribution in [0.3, 0.4) is 0 Å². The molecule has 0 aliphatic carbocycles. The number of nitrogens with zero attached hydrogens (tertiary/aromatic N) is 2. The van der Waals surface area contributed by atoms with Crippen LogP contribution in [-0.4, -0.2) is 67.8 Å². The predicted octanol–water partition coefficient (Wildman–Crippen LogP) is 1.80. The van der Waals surface area contributed by atoms with E-state index in [4.69, 9.17) is 0 Å². The van der Waals surface area contributed by atoms with Crippen molar-refractivity contribution >= 4 is 0 Å². The molecule has 0 aromatic rings. The summed E-state index contributed by atoms with van der Waals surface area (Å²) in [5.74, 6) is 0.664. The Bertz CT molecular complexity index is 248. The van der Waals surface area contributed by atoms with Crippen LogP contribution in [0.2, 0.25) is 0 Å². The van der Waals surface area contributed by atoms with Crippen molar-refractivity contribution in [2.24, 2.45) is 5.92 Å². The molecule has 1 fully saturated rings. The minimum atomic E-state index is -4.12. The highest BCUT2D eigenvalue weighted by atomic mass is 19.4. The molecule has 1 N–H and O–H groups in total. The molecule has 0 aromatic carbocycles. The smallest absolute Gasteiger partial charge is 0.307 e. The summed E-state index contributed by atoms with van der Waals surface area (Å²) in [4.78, 5) is 4.69. The Morgan fingerprint density at radius 3 is 2.11 bits per heavy atom. The SMILES string of the molecule is CC(C)CN1CCN(C(C)CNCC(F)(F)F)CC1. The maximum absolute atomic E-state index is 12.0. The van der Waals surface area contributed by atoms with Gasteiger partial charge in [0.1, 0.15) is 0 Å². The van der Waals surface area contributed by atoms with Gasteiger partial charge in [0.25, 0.3) is 0 Å². The summed E-state index contributed by atoms with van der Waals surface area (Å²) < 4.78 is 36.1. The lowest BCUT2D eigenvalue weighted by Crippen LogP contribution is -2.52. The van der Waals surface area contributed by atoms with E-state index in [1.54, 1.807) is 0 Å². The van der Waals surface area contributed by atoms with Crippen LogP contribution < -0.4 is 5.32 Å². The summed E-state index contributed by atoms with van der Waals surface area (Å²) in [6.45, 7) is 10.9. The van der Waals surface area contributed by atoms with Gasteiger partial charge in [-0.3, -0.25) is 4.90 Å². The number of rotatable bonds is 6. The first kappa shape index (κ1) is 16.7.